The Morgan fingerprint density at radius 1 is 1.15 bits per heavy atom. The molecule has 0 aliphatic carbocycles. The lowest BCUT2D eigenvalue weighted by molar-refractivity contribution is -0.121. The lowest BCUT2D eigenvalue weighted by Crippen LogP contribution is -2.53. The Morgan fingerprint density at radius 3 is 2.67 bits per heavy atom. The second-order valence-electron chi connectivity index (χ2n) is 7.85. The SMILES string of the molecule is Cc1ccc(NC(=O)CSc2nnc(CC3CC(=O)NC(=O)N3)n2-c2ccccc2)c(C)c1. The maximum absolute atomic E-state index is 12.6. The molecule has 1 atom stereocenters. The lowest BCUT2D eigenvalue weighted by Gasteiger charge is -2.23. The molecule has 0 radical (unpaired) electrons. The fourth-order valence-electron chi connectivity index (χ4n) is 3.65. The first-order chi connectivity index (χ1) is 15.9. The Kier molecular flexibility index (Phi) is 6.74. The lowest BCUT2D eigenvalue weighted by atomic mass is 10.1. The largest absolute Gasteiger partial charge is 0.334 e. The van der Waals surface area contributed by atoms with Crippen molar-refractivity contribution in [3.05, 3.63) is 65.5 Å². The Bertz CT molecular complexity index is 1180. The summed E-state index contributed by atoms with van der Waals surface area (Å²) in [4.78, 5) is 36.0. The normalized spacial score (nSPS) is 15.6. The Labute approximate surface area is 195 Å². The maximum atomic E-state index is 12.6. The molecular formula is C23H24N6O3S. The molecule has 0 saturated carbocycles. The van der Waals surface area contributed by atoms with Crippen LogP contribution < -0.4 is 16.0 Å². The molecule has 2 heterocycles. The van der Waals surface area contributed by atoms with E-state index in [1.54, 1.807) is 0 Å². The molecule has 9 nitrogen and oxygen atoms in total. The number of urea groups is 1. The molecule has 1 aliphatic rings. The summed E-state index contributed by atoms with van der Waals surface area (Å²) < 4.78 is 1.85. The van der Waals surface area contributed by atoms with E-state index in [-0.39, 0.29) is 30.0 Å². The summed E-state index contributed by atoms with van der Waals surface area (Å²) >= 11 is 1.27. The zero-order valence-electron chi connectivity index (χ0n) is 18.3. The maximum Gasteiger partial charge on any atom is 0.321 e. The highest BCUT2D eigenvalue weighted by Crippen LogP contribution is 2.24. The molecule has 1 aromatic heterocycles. The second kappa shape index (κ2) is 9.86. The highest BCUT2D eigenvalue weighted by molar-refractivity contribution is 7.99. The van der Waals surface area contributed by atoms with Gasteiger partial charge in [0.2, 0.25) is 11.8 Å². The third-order valence-electron chi connectivity index (χ3n) is 5.15. The van der Waals surface area contributed by atoms with E-state index in [2.05, 4.69) is 26.1 Å². The van der Waals surface area contributed by atoms with E-state index in [0.29, 0.717) is 17.4 Å². The smallest absolute Gasteiger partial charge is 0.321 e. The van der Waals surface area contributed by atoms with Crippen molar-refractivity contribution in [2.24, 2.45) is 0 Å². The van der Waals surface area contributed by atoms with E-state index in [1.165, 1.54) is 11.8 Å². The van der Waals surface area contributed by atoms with Crippen LogP contribution in [0.4, 0.5) is 10.5 Å². The highest BCUT2D eigenvalue weighted by Gasteiger charge is 2.27. The predicted molar refractivity (Wildman–Crippen MR) is 125 cm³/mol. The van der Waals surface area contributed by atoms with Crippen LogP contribution >= 0.6 is 11.8 Å². The summed E-state index contributed by atoms with van der Waals surface area (Å²) in [5.41, 5.74) is 3.75. The molecule has 4 rings (SSSR count). The third kappa shape index (κ3) is 5.58. The number of anilines is 1. The van der Waals surface area contributed by atoms with E-state index >= 15 is 0 Å². The number of aryl methyl sites for hydroxylation is 2. The number of para-hydroxylation sites is 1. The molecule has 0 spiro atoms. The summed E-state index contributed by atoms with van der Waals surface area (Å²) in [6.07, 6.45) is 0.491. The molecule has 2 aromatic carbocycles. The number of nitrogens with one attached hydrogen (secondary N) is 3. The Morgan fingerprint density at radius 2 is 1.94 bits per heavy atom. The van der Waals surface area contributed by atoms with Crippen molar-refractivity contribution in [1.29, 1.82) is 0 Å². The molecule has 1 saturated heterocycles. The van der Waals surface area contributed by atoms with Gasteiger partial charge in [0.15, 0.2) is 5.16 Å². The number of thioether (sulfide) groups is 1. The van der Waals surface area contributed by atoms with Crippen LogP contribution in [0.2, 0.25) is 0 Å². The van der Waals surface area contributed by atoms with Crippen LogP contribution in [-0.4, -0.2) is 44.4 Å². The number of nitrogens with zero attached hydrogens (tertiary/aromatic N) is 3. The van der Waals surface area contributed by atoms with E-state index in [1.807, 2.05) is 66.9 Å². The summed E-state index contributed by atoms with van der Waals surface area (Å²) in [5, 5.41) is 17.1. The van der Waals surface area contributed by atoms with Crippen molar-refractivity contribution >= 4 is 35.3 Å². The van der Waals surface area contributed by atoms with Gasteiger partial charge in [0.05, 0.1) is 5.75 Å². The molecule has 10 heteroatoms. The summed E-state index contributed by atoms with van der Waals surface area (Å²) in [5.74, 6) is 0.277. The summed E-state index contributed by atoms with van der Waals surface area (Å²) in [6, 6.07) is 14.5. The minimum atomic E-state index is -0.514. The number of aromatic nitrogens is 3. The fourth-order valence-corrected chi connectivity index (χ4v) is 4.42. The van der Waals surface area contributed by atoms with Gasteiger partial charge in [0, 0.05) is 30.3 Å². The van der Waals surface area contributed by atoms with Gasteiger partial charge >= 0.3 is 6.03 Å². The van der Waals surface area contributed by atoms with Crippen LogP contribution in [-0.2, 0) is 16.0 Å². The molecule has 1 unspecified atom stereocenters. The fraction of sp³-hybridized carbons (Fsp3) is 0.261. The minimum Gasteiger partial charge on any atom is -0.334 e. The number of amides is 4. The van der Waals surface area contributed by atoms with Crippen molar-refractivity contribution in [1.82, 2.24) is 25.4 Å². The number of carbonyl (C=O) groups excluding carboxylic acids is 3. The zero-order chi connectivity index (χ0) is 23.4. The molecule has 1 fully saturated rings. The molecule has 33 heavy (non-hydrogen) atoms. The molecular weight excluding hydrogens is 440 g/mol. The first-order valence-corrected chi connectivity index (χ1v) is 11.5. The molecule has 4 amide bonds. The summed E-state index contributed by atoms with van der Waals surface area (Å²) in [7, 11) is 0. The van der Waals surface area contributed by atoms with Crippen LogP contribution in [0, 0.1) is 13.8 Å². The number of hydrogen-bond acceptors (Lipinski definition) is 6. The number of hydrogen-bond donors (Lipinski definition) is 3. The molecule has 170 valence electrons. The van der Waals surface area contributed by atoms with E-state index in [9.17, 15) is 14.4 Å². The van der Waals surface area contributed by atoms with Gasteiger partial charge in [-0.1, -0.05) is 47.7 Å². The monoisotopic (exact) mass is 464 g/mol. The predicted octanol–water partition coefficient (Wildman–Crippen LogP) is 2.76. The van der Waals surface area contributed by atoms with E-state index in [4.69, 9.17) is 0 Å². The van der Waals surface area contributed by atoms with Crippen LogP contribution in [0.3, 0.4) is 0 Å². The highest BCUT2D eigenvalue weighted by atomic mass is 32.2. The summed E-state index contributed by atoms with van der Waals surface area (Å²) in [6.45, 7) is 3.96. The van der Waals surface area contributed by atoms with Gasteiger partial charge in [-0.15, -0.1) is 10.2 Å². The van der Waals surface area contributed by atoms with Gasteiger partial charge in [-0.3, -0.25) is 19.5 Å². The van der Waals surface area contributed by atoms with Crippen LogP contribution in [0.15, 0.2) is 53.7 Å². The topological polar surface area (TPSA) is 118 Å². The quantitative estimate of drug-likeness (QED) is 0.463. The number of carbonyl (C=O) groups is 3. The van der Waals surface area contributed by atoms with Crippen LogP contribution in [0.25, 0.3) is 5.69 Å². The molecule has 3 aromatic rings. The van der Waals surface area contributed by atoms with Crippen molar-refractivity contribution in [2.45, 2.75) is 37.9 Å². The second-order valence-corrected chi connectivity index (χ2v) is 8.79. The van der Waals surface area contributed by atoms with Crippen molar-refractivity contribution in [2.75, 3.05) is 11.1 Å². The van der Waals surface area contributed by atoms with Gasteiger partial charge in [0.25, 0.3) is 0 Å². The third-order valence-corrected chi connectivity index (χ3v) is 6.08. The standard InChI is InChI=1S/C23H24N6O3S/c1-14-8-9-18(15(2)10-14)25-21(31)13-33-23-28-27-19(29(23)17-6-4-3-5-7-17)11-16-12-20(30)26-22(32)24-16/h3-10,16H,11-13H2,1-2H3,(H,25,31)(H2,24,26,30,32). The van der Waals surface area contributed by atoms with Gasteiger partial charge in [0.1, 0.15) is 5.82 Å². The Hall–Kier alpha value is -3.66. The van der Waals surface area contributed by atoms with Crippen molar-refractivity contribution in [3.8, 4) is 5.69 Å². The average Bonchev–Trinajstić information content (AvgIpc) is 3.16. The molecule has 1 aliphatic heterocycles. The van der Waals surface area contributed by atoms with Crippen LogP contribution in [0.5, 0.6) is 0 Å². The van der Waals surface area contributed by atoms with Crippen LogP contribution in [0.1, 0.15) is 23.4 Å². The Balaban J connectivity index is 1.51. The number of rotatable bonds is 7. The van der Waals surface area contributed by atoms with Crippen molar-refractivity contribution < 1.29 is 14.4 Å². The van der Waals surface area contributed by atoms with E-state index < -0.39 is 6.03 Å². The van der Waals surface area contributed by atoms with Gasteiger partial charge < -0.3 is 10.6 Å². The molecule has 3 N–H and O–H groups in total. The van der Waals surface area contributed by atoms with Gasteiger partial charge in [-0.2, -0.15) is 0 Å². The van der Waals surface area contributed by atoms with Gasteiger partial charge in [-0.05, 0) is 37.6 Å². The van der Waals surface area contributed by atoms with Crippen molar-refractivity contribution in [3.63, 3.8) is 0 Å². The minimum absolute atomic E-state index is 0.146. The first-order valence-electron chi connectivity index (χ1n) is 10.5. The number of benzene rings is 2. The number of imide groups is 1. The first kappa shape index (κ1) is 22.5. The zero-order valence-corrected chi connectivity index (χ0v) is 19.1. The molecule has 0 bridgehead atoms. The van der Waals surface area contributed by atoms with E-state index in [0.717, 1.165) is 22.5 Å². The van der Waals surface area contributed by atoms with Gasteiger partial charge in [-0.25, -0.2) is 4.79 Å². The average molecular weight is 465 g/mol.